The fourth-order valence-corrected chi connectivity index (χ4v) is 8.77. The summed E-state index contributed by atoms with van der Waals surface area (Å²) < 4.78 is 21.9. The second kappa shape index (κ2) is 14.8. The molecule has 3 aromatic carbocycles. The van der Waals surface area contributed by atoms with Crippen molar-refractivity contribution in [1.82, 2.24) is 19.6 Å². The number of nitro groups is 1. The number of H-pyrrole nitrogens is 1. The van der Waals surface area contributed by atoms with Crippen LogP contribution < -0.4 is 14.4 Å². The first kappa shape index (κ1) is 35.0. The van der Waals surface area contributed by atoms with E-state index in [-0.39, 0.29) is 21.9 Å². The van der Waals surface area contributed by atoms with Crippen molar-refractivity contribution in [1.29, 1.82) is 0 Å². The van der Waals surface area contributed by atoms with E-state index in [2.05, 4.69) is 36.6 Å². The largest absolute Gasteiger partial charge is 0.455 e. The molecule has 1 spiro atoms. The van der Waals surface area contributed by atoms with Crippen LogP contribution in [0.1, 0.15) is 54.4 Å². The van der Waals surface area contributed by atoms with Crippen molar-refractivity contribution in [2.45, 2.75) is 43.4 Å². The number of anilines is 1. The van der Waals surface area contributed by atoms with Gasteiger partial charge in [0.25, 0.3) is 11.6 Å². The van der Waals surface area contributed by atoms with Crippen molar-refractivity contribution in [3.63, 3.8) is 0 Å². The van der Waals surface area contributed by atoms with Crippen LogP contribution in [-0.4, -0.2) is 62.6 Å². The van der Waals surface area contributed by atoms with Crippen LogP contribution >= 0.6 is 11.6 Å². The quantitative estimate of drug-likeness (QED) is 0.108. The van der Waals surface area contributed by atoms with Gasteiger partial charge < -0.3 is 14.6 Å². The van der Waals surface area contributed by atoms with Crippen LogP contribution in [0.4, 0.5) is 11.4 Å². The van der Waals surface area contributed by atoms with E-state index in [0.29, 0.717) is 16.8 Å². The topological polar surface area (TPSA) is 134 Å². The number of fused-ring (bicyclic) bond motifs is 1. The van der Waals surface area contributed by atoms with Crippen LogP contribution in [0.3, 0.4) is 0 Å². The molecule has 1 saturated carbocycles. The first-order valence-corrected chi connectivity index (χ1v) is 19.4. The zero-order valence-electron chi connectivity index (χ0n) is 29.1. The molecule has 3 heterocycles. The number of carbonyl (C=O) groups excluding carboxylic acids is 1. The van der Waals surface area contributed by atoms with Crippen LogP contribution in [0.2, 0.25) is 5.02 Å². The second-order valence-electron chi connectivity index (χ2n) is 14.2. The summed E-state index contributed by atoms with van der Waals surface area (Å²) in [6.07, 6.45) is 10.9. The lowest BCUT2D eigenvalue weighted by molar-refractivity contribution is -0.385. The Bertz CT molecular complexity index is 2240. The molecule has 272 valence electrons. The van der Waals surface area contributed by atoms with Gasteiger partial charge in [-0.05, 0) is 91.1 Å². The van der Waals surface area contributed by atoms with Gasteiger partial charge in [-0.1, -0.05) is 41.8 Å². The summed E-state index contributed by atoms with van der Waals surface area (Å²) in [5.74, 6) is 0.0757. The average molecular weight is 751 g/mol. The number of amides is 1. The Morgan fingerprint density at radius 1 is 1.02 bits per heavy atom. The van der Waals surface area contributed by atoms with Gasteiger partial charge in [-0.2, -0.15) is 0 Å². The predicted octanol–water partition coefficient (Wildman–Crippen LogP) is 8.30. The number of aromatic nitrogens is 2. The Labute approximate surface area is 314 Å². The minimum atomic E-state index is -2.05. The molecule has 13 heteroatoms. The number of rotatable bonds is 10. The third-order valence-corrected chi connectivity index (χ3v) is 12.2. The van der Waals surface area contributed by atoms with Crippen molar-refractivity contribution in [3.05, 3.63) is 123 Å². The maximum Gasteiger partial charge on any atom is 0.270 e. The van der Waals surface area contributed by atoms with Gasteiger partial charge >= 0.3 is 0 Å². The number of non-ortho nitro benzene ring substituents is 1. The zero-order chi connectivity index (χ0) is 36.5. The lowest BCUT2D eigenvalue weighted by Gasteiger charge is -2.47. The summed E-state index contributed by atoms with van der Waals surface area (Å²) in [5.41, 5.74) is 6.38. The fraction of sp³-hybridized carbons (Fsp3) is 0.300. The number of nitrogens with one attached hydrogen (secondary N) is 2. The highest BCUT2D eigenvalue weighted by molar-refractivity contribution is 7.83. The lowest BCUT2D eigenvalue weighted by atomic mass is 9.59. The van der Waals surface area contributed by atoms with Gasteiger partial charge in [0, 0.05) is 73.2 Å². The number of ether oxygens (including phenoxy) is 1. The van der Waals surface area contributed by atoms with Crippen LogP contribution in [0.25, 0.3) is 16.6 Å². The molecule has 2 N–H and O–H groups in total. The summed E-state index contributed by atoms with van der Waals surface area (Å²) in [7, 11) is -2.05. The van der Waals surface area contributed by atoms with Gasteiger partial charge in [0.15, 0.2) is 11.0 Å². The molecule has 1 aliphatic heterocycles. The molecule has 1 unspecified atom stereocenters. The number of allylic oxidation sites excluding steroid dienone is 1. The van der Waals surface area contributed by atoms with Crippen molar-refractivity contribution >= 4 is 56.5 Å². The number of nitro benzene ring substituents is 1. The van der Waals surface area contributed by atoms with E-state index >= 15 is 0 Å². The first-order valence-electron chi connectivity index (χ1n) is 17.9. The Morgan fingerprint density at radius 3 is 2.58 bits per heavy atom. The standard InChI is InChI=1S/C40H39ClN6O5S/c41-30-7-5-27(6-8-30)36-24-40(13-2-14-40)15-11-29(36)26-45-17-19-46(20-18-45)31-9-10-35(37(23-31)52-33-21-28-12-16-42-38(28)43-25-33)39(48)44-53(51)34-4-1-3-32(22-34)47(49)50/h1,3-10,12,16,21-23,25H,2,11,13-15,17-20,24,26H2,(H,42,43)(H,44,48). The van der Waals surface area contributed by atoms with E-state index in [0.717, 1.165) is 61.7 Å². The molecule has 3 aliphatic rings. The molecule has 2 fully saturated rings. The highest BCUT2D eigenvalue weighted by Crippen LogP contribution is 2.55. The third kappa shape index (κ3) is 7.57. The number of aromatic amines is 1. The van der Waals surface area contributed by atoms with E-state index in [9.17, 15) is 19.1 Å². The highest BCUT2D eigenvalue weighted by atomic mass is 35.5. The Balaban J connectivity index is 1.00. The van der Waals surface area contributed by atoms with Gasteiger partial charge in [-0.15, -0.1) is 0 Å². The SMILES string of the molecule is O=C(NS(=O)c1cccc([N+](=O)[O-])c1)c1ccc(N2CCN(CC3=C(c4ccc(Cl)cc4)CC4(CCC4)CC3)CC2)cc1Oc1cnc2[nH]ccc2c1. The summed E-state index contributed by atoms with van der Waals surface area (Å²) in [4.78, 5) is 36.7. The average Bonchev–Trinajstić information content (AvgIpc) is 3.63. The number of nitrogens with zero attached hydrogens (tertiary/aromatic N) is 4. The molecule has 1 saturated heterocycles. The molecule has 2 aliphatic carbocycles. The predicted molar refractivity (Wildman–Crippen MR) is 207 cm³/mol. The molecule has 2 aromatic heterocycles. The maximum atomic E-state index is 13.6. The van der Waals surface area contributed by atoms with Crippen LogP contribution in [0.15, 0.2) is 102 Å². The Morgan fingerprint density at radius 2 is 1.83 bits per heavy atom. The smallest absolute Gasteiger partial charge is 0.270 e. The normalized spacial score (nSPS) is 17.8. The molecular formula is C40H39ClN6O5S. The van der Waals surface area contributed by atoms with Crippen LogP contribution in [0.5, 0.6) is 11.5 Å². The fourth-order valence-electron chi connectivity index (χ4n) is 7.82. The van der Waals surface area contributed by atoms with E-state index in [1.54, 1.807) is 24.0 Å². The highest BCUT2D eigenvalue weighted by Gasteiger charge is 2.41. The summed E-state index contributed by atoms with van der Waals surface area (Å²) in [6.45, 7) is 4.32. The van der Waals surface area contributed by atoms with Crippen molar-refractivity contribution in [2.75, 3.05) is 37.6 Å². The van der Waals surface area contributed by atoms with Crippen molar-refractivity contribution in [2.24, 2.45) is 5.41 Å². The molecule has 53 heavy (non-hydrogen) atoms. The summed E-state index contributed by atoms with van der Waals surface area (Å²) >= 11 is 6.26. The summed E-state index contributed by atoms with van der Waals surface area (Å²) in [5, 5.41) is 12.9. The van der Waals surface area contributed by atoms with Gasteiger partial charge in [0.05, 0.1) is 21.6 Å². The van der Waals surface area contributed by atoms with Crippen LogP contribution in [-0.2, 0) is 11.0 Å². The van der Waals surface area contributed by atoms with Crippen LogP contribution in [0, 0.1) is 15.5 Å². The number of halogens is 1. The van der Waals surface area contributed by atoms with Gasteiger partial charge in [-0.25, -0.2) is 9.19 Å². The van der Waals surface area contributed by atoms with E-state index in [4.69, 9.17) is 16.3 Å². The molecule has 5 aromatic rings. The number of hydrogen-bond donors (Lipinski definition) is 2. The summed E-state index contributed by atoms with van der Waals surface area (Å²) in [6, 6.07) is 22.8. The molecule has 11 nitrogen and oxygen atoms in total. The van der Waals surface area contributed by atoms with Crippen molar-refractivity contribution in [3.8, 4) is 11.5 Å². The maximum absolute atomic E-state index is 13.6. The molecule has 1 amide bonds. The number of pyridine rings is 1. The first-order chi connectivity index (χ1) is 25.7. The second-order valence-corrected chi connectivity index (χ2v) is 15.9. The lowest BCUT2D eigenvalue weighted by Crippen LogP contribution is -2.47. The molecule has 0 radical (unpaired) electrons. The monoisotopic (exact) mass is 750 g/mol. The molecule has 8 rings (SSSR count). The number of piperazine rings is 1. The Hall–Kier alpha value is -5.04. The zero-order valence-corrected chi connectivity index (χ0v) is 30.6. The van der Waals surface area contributed by atoms with Crippen molar-refractivity contribution < 1.29 is 18.7 Å². The van der Waals surface area contributed by atoms with E-state index in [1.165, 1.54) is 61.1 Å². The number of benzene rings is 3. The molecular weight excluding hydrogens is 712 g/mol. The Kier molecular flexibility index (Phi) is 9.76. The van der Waals surface area contributed by atoms with Gasteiger partial charge in [0.2, 0.25) is 0 Å². The third-order valence-electron chi connectivity index (χ3n) is 10.9. The number of carbonyl (C=O) groups is 1. The number of hydrogen-bond acceptors (Lipinski definition) is 8. The van der Waals surface area contributed by atoms with E-state index < -0.39 is 21.8 Å². The minimum Gasteiger partial charge on any atom is -0.455 e. The van der Waals surface area contributed by atoms with Gasteiger partial charge in [-0.3, -0.25) is 24.5 Å². The van der Waals surface area contributed by atoms with E-state index in [1.807, 2.05) is 36.4 Å². The minimum absolute atomic E-state index is 0.110. The molecule has 1 atom stereocenters. The van der Waals surface area contributed by atoms with Gasteiger partial charge in [0.1, 0.15) is 17.1 Å². The molecule has 0 bridgehead atoms.